The van der Waals surface area contributed by atoms with E-state index in [0.29, 0.717) is 0 Å². The van der Waals surface area contributed by atoms with Gasteiger partial charge in [0.2, 0.25) is 0 Å². The molecule has 0 aromatic rings. The van der Waals surface area contributed by atoms with Crippen LogP contribution in [-0.2, 0) is 9.59 Å². The molecule has 1 heterocycles. The zero-order valence-electron chi connectivity index (χ0n) is 4.79. The van der Waals surface area contributed by atoms with Gasteiger partial charge in [-0.25, -0.2) is 0 Å². The molecule has 0 atom stereocenters. The Hall–Kier alpha value is -1.16. The van der Waals surface area contributed by atoms with Crippen LogP contribution >= 0.6 is 0 Å². The monoisotopic (exact) mass is 127 g/mol. The van der Waals surface area contributed by atoms with Gasteiger partial charge in [0.25, 0.3) is 11.8 Å². The number of hydrogen-bond donors (Lipinski definition) is 1. The number of carbonyl (C=O) groups is 2. The van der Waals surface area contributed by atoms with Gasteiger partial charge in [0, 0.05) is 11.6 Å². The number of hydrogen-bond acceptors (Lipinski definition) is 3. The first-order valence-corrected chi connectivity index (χ1v) is 2.38. The van der Waals surface area contributed by atoms with Gasteiger partial charge in [0.15, 0.2) is 0 Å². The van der Waals surface area contributed by atoms with E-state index in [1.165, 1.54) is 6.92 Å². The third-order valence-electron chi connectivity index (χ3n) is 1.08. The van der Waals surface area contributed by atoms with Crippen molar-refractivity contribution in [3.8, 4) is 0 Å². The molecule has 48 valence electrons. The van der Waals surface area contributed by atoms with E-state index >= 15 is 0 Å². The number of imide groups is 1. The lowest BCUT2D eigenvalue weighted by Gasteiger charge is -2.00. The molecule has 0 radical (unpaired) electrons. The van der Waals surface area contributed by atoms with Crippen LogP contribution in [0.1, 0.15) is 6.92 Å². The molecule has 1 aliphatic rings. The zero-order valence-corrected chi connectivity index (χ0v) is 4.79. The molecular weight excluding hydrogens is 122 g/mol. The van der Waals surface area contributed by atoms with Crippen molar-refractivity contribution in [1.29, 1.82) is 0 Å². The van der Waals surface area contributed by atoms with Gasteiger partial charge >= 0.3 is 0 Å². The van der Waals surface area contributed by atoms with Crippen LogP contribution in [0.15, 0.2) is 11.6 Å². The van der Waals surface area contributed by atoms with Crippen LogP contribution in [0.5, 0.6) is 0 Å². The number of nitrogens with zero attached hydrogens (tertiary/aromatic N) is 1. The minimum absolute atomic E-state index is 0.0926. The van der Waals surface area contributed by atoms with E-state index in [-0.39, 0.29) is 10.6 Å². The molecule has 0 spiro atoms. The second-order valence-electron chi connectivity index (χ2n) is 1.78. The third kappa shape index (κ3) is 0.728. The Bertz CT molecular complexity index is 206. The minimum Gasteiger partial charge on any atom is -0.278 e. The Balaban J connectivity index is 2.95. The van der Waals surface area contributed by atoms with E-state index in [1.54, 1.807) is 0 Å². The van der Waals surface area contributed by atoms with E-state index in [0.717, 1.165) is 6.08 Å². The van der Waals surface area contributed by atoms with E-state index in [4.69, 9.17) is 5.21 Å². The molecule has 4 heteroatoms. The van der Waals surface area contributed by atoms with Crippen molar-refractivity contribution in [2.75, 3.05) is 0 Å². The minimum atomic E-state index is -0.669. The lowest BCUT2D eigenvalue weighted by molar-refractivity contribution is -0.169. The van der Waals surface area contributed by atoms with Crippen molar-refractivity contribution in [3.05, 3.63) is 11.6 Å². The highest BCUT2D eigenvalue weighted by Gasteiger charge is 2.26. The van der Waals surface area contributed by atoms with E-state index in [2.05, 4.69) is 0 Å². The molecule has 0 aromatic carbocycles. The van der Waals surface area contributed by atoms with Gasteiger partial charge < -0.3 is 0 Å². The molecule has 1 aliphatic heterocycles. The summed E-state index contributed by atoms with van der Waals surface area (Å²) in [6.07, 6.45) is 1.09. The molecule has 2 amide bonds. The van der Waals surface area contributed by atoms with Crippen molar-refractivity contribution in [1.82, 2.24) is 5.06 Å². The van der Waals surface area contributed by atoms with E-state index in [9.17, 15) is 9.59 Å². The summed E-state index contributed by atoms with van der Waals surface area (Å²) in [5, 5.41) is 8.61. The zero-order chi connectivity index (χ0) is 7.02. The summed E-state index contributed by atoms with van der Waals surface area (Å²) in [4.78, 5) is 20.9. The summed E-state index contributed by atoms with van der Waals surface area (Å²) in [6, 6.07) is 0. The average Bonchev–Trinajstić information content (AvgIpc) is 1.98. The van der Waals surface area contributed by atoms with Crippen molar-refractivity contribution in [3.63, 3.8) is 0 Å². The Morgan fingerprint density at radius 2 is 2.11 bits per heavy atom. The standard InChI is InChI=1S/C5H5NO3/c1-3-2-4(7)6(9)5(3)8/h2,9H,1H3. The van der Waals surface area contributed by atoms with Crippen LogP contribution in [0, 0.1) is 0 Å². The van der Waals surface area contributed by atoms with Crippen LogP contribution in [0.3, 0.4) is 0 Å². The third-order valence-corrected chi connectivity index (χ3v) is 1.08. The highest BCUT2D eigenvalue weighted by molar-refractivity contribution is 6.14. The summed E-state index contributed by atoms with van der Waals surface area (Å²) in [6.45, 7) is 1.47. The molecule has 0 saturated carbocycles. The molecule has 0 bridgehead atoms. The Kier molecular flexibility index (Phi) is 1.10. The van der Waals surface area contributed by atoms with Gasteiger partial charge in [-0.1, -0.05) is 0 Å². The number of amides is 2. The van der Waals surface area contributed by atoms with Gasteiger partial charge in [-0.05, 0) is 6.92 Å². The number of hydroxylamine groups is 2. The lowest BCUT2D eigenvalue weighted by Crippen LogP contribution is -2.26. The fraction of sp³-hybridized carbons (Fsp3) is 0.200. The normalized spacial score (nSPS) is 18.9. The maximum absolute atomic E-state index is 10.5. The first-order chi connectivity index (χ1) is 4.13. The summed E-state index contributed by atoms with van der Waals surface area (Å²) in [5.74, 6) is -1.31. The maximum Gasteiger partial charge on any atom is 0.280 e. The molecule has 0 aromatic heterocycles. The Morgan fingerprint density at radius 3 is 2.22 bits per heavy atom. The van der Waals surface area contributed by atoms with Crippen molar-refractivity contribution in [2.45, 2.75) is 6.92 Å². The maximum atomic E-state index is 10.5. The molecule has 0 fully saturated rings. The van der Waals surface area contributed by atoms with Crippen LogP contribution in [0.2, 0.25) is 0 Å². The van der Waals surface area contributed by atoms with Crippen molar-refractivity contribution < 1.29 is 14.8 Å². The largest absolute Gasteiger partial charge is 0.280 e. The van der Waals surface area contributed by atoms with Gasteiger partial charge in [-0.15, -0.1) is 5.06 Å². The van der Waals surface area contributed by atoms with Crippen LogP contribution in [-0.4, -0.2) is 22.1 Å². The topological polar surface area (TPSA) is 57.6 Å². The molecule has 4 nitrogen and oxygen atoms in total. The predicted molar refractivity (Wildman–Crippen MR) is 27.4 cm³/mol. The molecule has 0 saturated heterocycles. The summed E-state index contributed by atoms with van der Waals surface area (Å²) >= 11 is 0. The molecule has 9 heavy (non-hydrogen) atoms. The second-order valence-corrected chi connectivity index (χ2v) is 1.78. The number of carbonyl (C=O) groups excluding carboxylic acids is 2. The van der Waals surface area contributed by atoms with E-state index < -0.39 is 11.8 Å². The van der Waals surface area contributed by atoms with Crippen LogP contribution in [0.25, 0.3) is 0 Å². The quantitative estimate of drug-likeness (QED) is 0.358. The SMILES string of the molecule is CC1=CC(=O)N(O)C1=O. The lowest BCUT2D eigenvalue weighted by atomic mass is 10.3. The van der Waals surface area contributed by atoms with Crippen molar-refractivity contribution >= 4 is 11.8 Å². The molecule has 0 aliphatic carbocycles. The molecule has 1 rings (SSSR count). The summed E-state index contributed by atoms with van der Waals surface area (Å²) in [7, 11) is 0. The fourth-order valence-corrected chi connectivity index (χ4v) is 0.575. The Morgan fingerprint density at radius 1 is 1.56 bits per heavy atom. The van der Waals surface area contributed by atoms with Gasteiger partial charge in [0.05, 0.1) is 0 Å². The van der Waals surface area contributed by atoms with Gasteiger partial charge in [-0.3, -0.25) is 14.8 Å². The van der Waals surface area contributed by atoms with Crippen molar-refractivity contribution in [2.24, 2.45) is 0 Å². The molecule has 1 N–H and O–H groups in total. The smallest absolute Gasteiger partial charge is 0.278 e. The number of rotatable bonds is 0. The molecular formula is C5H5NO3. The highest BCUT2D eigenvalue weighted by atomic mass is 16.5. The van der Waals surface area contributed by atoms with Crippen LogP contribution in [0.4, 0.5) is 0 Å². The first-order valence-electron chi connectivity index (χ1n) is 2.38. The average molecular weight is 127 g/mol. The molecule has 0 unspecified atom stereocenters. The highest BCUT2D eigenvalue weighted by Crippen LogP contribution is 2.07. The first kappa shape index (κ1) is 5.97. The Labute approximate surface area is 51.3 Å². The second kappa shape index (κ2) is 1.66. The van der Waals surface area contributed by atoms with Gasteiger partial charge in [-0.2, -0.15) is 0 Å². The summed E-state index contributed by atoms with van der Waals surface area (Å²) in [5.41, 5.74) is 0.266. The fourth-order valence-electron chi connectivity index (χ4n) is 0.575. The van der Waals surface area contributed by atoms with Crippen LogP contribution < -0.4 is 0 Å². The van der Waals surface area contributed by atoms with Gasteiger partial charge in [0.1, 0.15) is 0 Å². The predicted octanol–water partition coefficient (Wildman–Crippen LogP) is -0.309. The van der Waals surface area contributed by atoms with E-state index in [1.807, 2.05) is 0 Å². The summed E-state index contributed by atoms with van der Waals surface area (Å²) < 4.78 is 0.